The van der Waals surface area contributed by atoms with Gasteiger partial charge in [0.25, 0.3) is 0 Å². The number of hydrogen-bond acceptors (Lipinski definition) is 3. The Hall–Kier alpha value is -0.780. The third kappa shape index (κ3) is 2.11. The van der Waals surface area contributed by atoms with Gasteiger partial charge in [0, 0.05) is 16.5 Å². The van der Waals surface area contributed by atoms with Gasteiger partial charge < -0.3 is 14.9 Å². The SMILES string of the molecule is NC(c1ccc(Br)o1)c1cc(Br)cc2c1OCC2. The van der Waals surface area contributed by atoms with Crippen molar-refractivity contribution in [2.24, 2.45) is 5.73 Å². The molecule has 1 aromatic carbocycles. The topological polar surface area (TPSA) is 48.4 Å². The molecule has 0 bridgehead atoms. The van der Waals surface area contributed by atoms with E-state index in [4.69, 9.17) is 14.9 Å². The van der Waals surface area contributed by atoms with Crippen molar-refractivity contribution in [2.45, 2.75) is 12.5 Å². The minimum absolute atomic E-state index is 0.319. The molecular formula is C13H11Br2NO2. The van der Waals surface area contributed by atoms with E-state index < -0.39 is 0 Å². The van der Waals surface area contributed by atoms with Crippen LogP contribution in [-0.2, 0) is 6.42 Å². The highest BCUT2D eigenvalue weighted by atomic mass is 79.9. The first kappa shape index (κ1) is 12.3. The van der Waals surface area contributed by atoms with Crippen LogP contribution in [0.3, 0.4) is 0 Å². The molecule has 0 saturated heterocycles. The van der Waals surface area contributed by atoms with Crippen LogP contribution in [0.1, 0.15) is 22.9 Å². The van der Waals surface area contributed by atoms with E-state index in [9.17, 15) is 0 Å². The molecule has 0 fully saturated rings. The third-order valence-electron chi connectivity index (χ3n) is 3.01. The molecule has 94 valence electrons. The van der Waals surface area contributed by atoms with E-state index in [1.165, 1.54) is 5.56 Å². The third-order valence-corrected chi connectivity index (χ3v) is 3.90. The summed E-state index contributed by atoms with van der Waals surface area (Å²) < 4.78 is 12.9. The molecule has 0 spiro atoms. The first-order valence-corrected chi connectivity index (χ1v) is 7.19. The highest BCUT2D eigenvalue weighted by molar-refractivity contribution is 9.10. The Morgan fingerprint density at radius 1 is 1.22 bits per heavy atom. The van der Waals surface area contributed by atoms with Crippen LogP contribution >= 0.6 is 31.9 Å². The average Bonchev–Trinajstić information content (AvgIpc) is 2.95. The van der Waals surface area contributed by atoms with Crippen molar-refractivity contribution in [3.63, 3.8) is 0 Å². The van der Waals surface area contributed by atoms with Crippen LogP contribution in [0, 0.1) is 0 Å². The molecule has 1 aromatic heterocycles. The zero-order valence-electron chi connectivity index (χ0n) is 9.45. The fourth-order valence-electron chi connectivity index (χ4n) is 2.18. The predicted octanol–water partition coefficient (Wildman–Crippen LogP) is 3.79. The van der Waals surface area contributed by atoms with Gasteiger partial charge in [-0.3, -0.25) is 0 Å². The summed E-state index contributed by atoms with van der Waals surface area (Å²) in [5.41, 5.74) is 8.41. The van der Waals surface area contributed by atoms with Crippen LogP contribution in [-0.4, -0.2) is 6.61 Å². The summed E-state index contributed by atoms with van der Waals surface area (Å²) >= 11 is 6.80. The summed E-state index contributed by atoms with van der Waals surface area (Å²) in [4.78, 5) is 0. The maximum absolute atomic E-state index is 6.26. The van der Waals surface area contributed by atoms with Crippen molar-refractivity contribution in [2.75, 3.05) is 6.61 Å². The van der Waals surface area contributed by atoms with Crippen LogP contribution in [0.25, 0.3) is 0 Å². The molecule has 2 aromatic rings. The fraction of sp³-hybridized carbons (Fsp3) is 0.231. The summed E-state index contributed by atoms with van der Waals surface area (Å²) in [5, 5.41) is 0. The molecule has 1 aliphatic heterocycles. The Morgan fingerprint density at radius 2 is 2.06 bits per heavy atom. The fourth-order valence-corrected chi connectivity index (χ4v) is 3.02. The summed E-state index contributed by atoms with van der Waals surface area (Å²) in [6, 6.07) is 7.47. The molecule has 5 heteroatoms. The van der Waals surface area contributed by atoms with Gasteiger partial charge >= 0.3 is 0 Å². The maximum Gasteiger partial charge on any atom is 0.169 e. The molecule has 3 nitrogen and oxygen atoms in total. The first-order valence-electron chi connectivity index (χ1n) is 5.61. The van der Waals surface area contributed by atoms with Gasteiger partial charge in [-0.2, -0.15) is 0 Å². The molecule has 1 aliphatic rings. The van der Waals surface area contributed by atoms with Crippen LogP contribution in [0.15, 0.2) is 37.8 Å². The van der Waals surface area contributed by atoms with Gasteiger partial charge in [0.05, 0.1) is 12.6 Å². The van der Waals surface area contributed by atoms with E-state index >= 15 is 0 Å². The van der Waals surface area contributed by atoms with Gasteiger partial charge in [0.2, 0.25) is 0 Å². The van der Waals surface area contributed by atoms with E-state index in [-0.39, 0.29) is 6.04 Å². The van der Waals surface area contributed by atoms with Crippen LogP contribution in [0.4, 0.5) is 0 Å². The second-order valence-electron chi connectivity index (χ2n) is 4.20. The molecule has 0 aliphatic carbocycles. The van der Waals surface area contributed by atoms with Gasteiger partial charge in [-0.1, -0.05) is 15.9 Å². The lowest BCUT2D eigenvalue weighted by Crippen LogP contribution is -2.12. The number of fused-ring (bicyclic) bond motifs is 1. The predicted molar refractivity (Wildman–Crippen MR) is 75.8 cm³/mol. The Labute approximate surface area is 122 Å². The molecule has 2 heterocycles. The highest BCUT2D eigenvalue weighted by Crippen LogP contribution is 2.38. The number of benzene rings is 1. The monoisotopic (exact) mass is 371 g/mol. The summed E-state index contributed by atoms with van der Waals surface area (Å²) in [7, 11) is 0. The second-order valence-corrected chi connectivity index (χ2v) is 5.90. The quantitative estimate of drug-likeness (QED) is 0.872. The van der Waals surface area contributed by atoms with Crippen LogP contribution < -0.4 is 10.5 Å². The number of hydrogen-bond donors (Lipinski definition) is 1. The minimum atomic E-state index is -0.319. The van der Waals surface area contributed by atoms with Crippen LogP contribution in [0.2, 0.25) is 0 Å². The van der Waals surface area contributed by atoms with Gasteiger partial charge in [-0.25, -0.2) is 0 Å². The molecule has 0 amide bonds. The first-order chi connectivity index (χ1) is 8.65. The smallest absolute Gasteiger partial charge is 0.169 e. The Kier molecular flexibility index (Phi) is 3.21. The Bertz CT molecular complexity index is 595. The van der Waals surface area contributed by atoms with Gasteiger partial charge in [-0.05, 0) is 45.8 Å². The van der Waals surface area contributed by atoms with Gasteiger partial charge in [-0.15, -0.1) is 0 Å². The maximum atomic E-state index is 6.26. The lowest BCUT2D eigenvalue weighted by Gasteiger charge is -2.14. The largest absolute Gasteiger partial charge is 0.493 e. The number of rotatable bonds is 2. The molecule has 1 atom stereocenters. The van der Waals surface area contributed by atoms with Crippen molar-refractivity contribution >= 4 is 31.9 Å². The Morgan fingerprint density at radius 3 is 2.78 bits per heavy atom. The lowest BCUT2D eigenvalue weighted by molar-refractivity contribution is 0.350. The molecule has 1 unspecified atom stereocenters. The van der Waals surface area contributed by atoms with Crippen molar-refractivity contribution < 1.29 is 9.15 Å². The zero-order chi connectivity index (χ0) is 12.7. The molecule has 2 N–H and O–H groups in total. The van der Waals surface area contributed by atoms with E-state index in [1.807, 2.05) is 18.2 Å². The summed E-state index contributed by atoms with van der Waals surface area (Å²) in [6.45, 7) is 0.716. The Balaban J connectivity index is 2.06. The highest BCUT2D eigenvalue weighted by Gasteiger charge is 2.23. The van der Waals surface area contributed by atoms with E-state index in [0.29, 0.717) is 11.3 Å². The molecule has 3 rings (SSSR count). The summed E-state index contributed by atoms with van der Waals surface area (Å²) in [6.07, 6.45) is 0.927. The van der Waals surface area contributed by atoms with Crippen molar-refractivity contribution in [3.8, 4) is 5.75 Å². The molecular weight excluding hydrogens is 362 g/mol. The van der Waals surface area contributed by atoms with E-state index in [1.54, 1.807) is 0 Å². The van der Waals surface area contributed by atoms with Crippen LogP contribution in [0.5, 0.6) is 5.75 Å². The van der Waals surface area contributed by atoms with E-state index in [0.717, 1.165) is 28.0 Å². The van der Waals surface area contributed by atoms with Gasteiger partial charge in [0.1, 0.15) is 11.5 Å². The van der Waals surface area contributed by atoms with Crippen molar-refractivity contribution in [1.29, 1.82) is 0 Å². The van der Waals surface area contributed by atoms with Crippen molar-refractivity contribution in [1.82, 2.24) is 0 Å². The lowest BCUT2D eigenvalue weighted by atomic mass is 10.0. The molecule has 0 saturated carbocycles. The molecule has 0 radical (unpaired) electrons. The number of nitrogens with two attached hydrogens (primary N) is 1. The second kappa shape index (κ2) is 4.72. The zero-order valence-corrected chi connectivity index (χ0v) is 12.6. The normalized spacial score (nSPS) is 15.3. The minimum Gasteiger partial charge on any atom is -0.493 e. The van der Waals surface area contributed by atoms with Gasteiger partial charge in [0.15, 0.2) is 4.67 Å². The van der Waals surface area contributed by atoms with Crippen molar-refractivity contribution in [3.05, 3.63) is 50.3 Å². The number of furan rings is 1. The van der Waals surface area contributed by atoms with E-state index in [2.05, 4.69) is 37.9 Å². The average molecular weight is 373 g/mol. The summed E-state index contributed by atoms with van der Waals surface area (Å²) in [5.74, 6) is 1.62. The number of ether oxygens (including phenoxy) is 1. The number of halogens is 2. The standard InChI is InChI=1S/C13H11Br2NO2/c14-8-5-7-3-4-17-13(7)9(6-8)12(16)10-1-2-11(15)18-10/h1-2,5-6,12H,3-4,16H2. The molecule has 18 heavy (non-hydrogen) atoms.